The molecule has 4 aromatic rings. The Hall–Kier alpha value is -2.96. The molecule has 0 aliphatic rings. The van der Waals surface area contributed by atoms with E-state index in [4.69, 9.17) is 4.99 Å². The van der Waals surface area contributed by atoms with Gasteiger partial charge in [0.15, 0.2) is 0 Å². The summed E-state index contributed by atoms with van der Waals surface area (Å²) in [5.41, 5.74) is 2.02. The van der Waals surface area contributed by atoms with E-state index in [2.05, 4.69) is 83.8 Å². The summed E-state index contributed by atoms with van der Waals surface area (Å²) in [6, 6.07) is 33.9. The summed E-state index contributed by atoms with van der Waals surface area (Å²) < 4.78 is 0. The van der Waals surface area contributed by atoms with Crippen molar-refractivity contribution in [1.82, 2.24) is 4.98 Å². The zero-order valence-corrected chi connectivity index (χ0v) is 15.2. The molecule has 0 bridgehead atoms. The molecule has 0 unspecified atom stereocenters. The van der Waals surface area contributed by atoms with E-state index < -0.39 is 7.92 Å². The van der Waals surface area contributed by atoms with E-state index in [1.54, 1.807) is 0 Å². The molecule has 2 nitrogen and oxygen atoms in total. The predicted octanol–water partition coefficient (Wildman–Crippen LogP) is 4.52. The Morgan fingerprint density at radius 1 is 0.654 bits per heavy atom. The van der Waals surface area contributed by atoms with Crippen LogP contribution in [-0.4, -0.2) is 11.2 Å². The number of aliphatic imine (C=N–C) groups is 1. The lowest BCUT2D eigenvalue weighted by Gasteiger charge is -2.20. The Labute approximate surface area is 155 Å². The van der Waals surface area contributed by atoms with Crippen LogP contribution in [0.25, 0.3) is 0 Å². The summed E-state index contributed by atoms with van der Waals surface area (Å²) in [5, 5.41) is 3.93. The average molecular weight is 354 g/mol. The van der Waals surface area contributed by atoms with Crippen molar-refractivity contribution in [2.45, 2.75) is 0 Å². The average Bonchev–Trinajstić information content (AvgIpc) is 3.23. The topological polar surface area (TPSA) is 28.1 Å². The van der Waals surface area contributed by atoms with E-state index in [0.717, 1.165) is 11.4 Å². The van der Waals surface area contributed by atoms with Crippen molar-refractivity contribution in [3.63, 3.8) is 0 Å². The minimum atomic E-state index is -0.660. The third kappa shape index (κ3) is 3.66. The first-order valence-electron chi connectivity index (χ1n) is 8.58. The highest BCUT2D eigenvalue weighted by atomic mass is 31.1. The van der Waals surface area contributed by atoms with Gasteiger partial charge in [0.1, 0.15) is 0 Å². The normalized spacial score (nSPS) is 11.3. The molecule has 3 heteroatoms. The predicted molar refractivity (Wildman–Crippen MR) is 113 cm³/mol. The van der Waals surface area contributed by atoms with Crippen molar-refractivity contribution in [3.05, 3.63) is 109 Å². The molecule has 0 amide bonds. The Balaban J connectivity index is 1.82. The zero-order valence-electron chi connectivity index (χ0n) is 14.3. The van der Waals surface area contributed by atoms with E-state index in [-0.39, 0.29) is 0 Å². The van der Waals surface area contributed by atoms with E-state index in [1.807, 2.05) is 30.6 Å². The molecular formula is C23H19N2P. The van der Waals surface area contributed by atoms with Crippen molar-refractivity contribution in [1.29, 1.82) is 0 Å². The summed E-state index contributed by atoms with van der Waals surface area (Å²) >= 11 is 0. The van der Waals surface area contributed by atoms with Crippen molar-refractivity contribution in [2.24, 2.45) is 4.99 Å². The first-order valence-corrected chi connectivity index (χ1v) is 9.93. The third-order valence-corrected chi connectivity index (χ3v) is 6.61. The van der Waals surface area contributed by atoms with Crippen LogP contribution in [0.2, 0.25) is 0 Å². The van der Waals surface area contributed by atoms with Crippen LogP contribution in [0.3, 0.4) is 0 Å². The Kier molecular flexibility index (Phi) is 5.04. The van der Waals surface area contributed by atoms with E-state index >= 15 is 0 Å². The number of para-hydroxylation sites is 1. The molecule has 4 rings (SSSR count). The van der Waals surface area contributed by atoms with Gasteiger partial charge < -0.3 is 4.98 Å². The second kappa shape index (κ2) is 7.95. The van der Waals surface area contributed by atoms with E-state index in [0.29, 0.717) is 0 Å². The number of H-pyrrole nitrogens is 1. The molecular weight excluding hydrogens is 335 g/mol. The van der Waals surface area contributed by atoms with Gasteiger partial charge in [0, 0.05) is 11.5 Å². The lowest BCUT2D eigenvalue weighted by Crippen LogP contribution is -2.20. The van der Waals surface area contributed by atoms with Crippen LogP contribution >= 0.6 is 7.92 Å². The number of hydrogen-bond acceptors (Lipinski definition) is 1. The van der Waals surface area contributed by atoms with Crippen molar-refractivity contribution < 1.29 is 0 Å². The molecule has 3 aromatic carbocycles. The molecule has 1 aromatic heterocycles. The molecule has 126 valence electrons. The number of benzene rings is 3. The SMILES string of the molecule is C(=N\c1ccccc1P(c1ccccc1)c1ccccc1)/c1ccc[nH]1. The van der Waals surface area contributed by atoms with Crippen LogP contribution in [0.1, 0.15) is 5.69 Å². The number of nitrogens with zero attached hydrogens (tertiary/aromatic N) is 1. The maximum absolute atomic E-state index is 4.78. The van der Waals surface area contributed by atoms with Crippen LogP contribution < -0.4 is 15.9 Å². The fourth-order valence-electron chi connectivity index (χ4n) is 2.91. The minimum Gasteiger partial charge on any atom is -0.360 e. The fraction of sp³-hybridized carbons (Fsp3) is 0. The highest BCUT2D eigenvalue weighted by Crippen LogP contribution is 2.36. The fourth-order valence-corrected chi connectivity index (χ4v) is 5.30. The van der Waals surface area contributed by atoms with E-state index in [1.165, 1.54) is 15.9 Å². The summed E-state index contributed by atoms with van der Waals surface area (Å²) in [7, 11) is -0.660. The van der Waals surface area contributed by atoms with Gasteiger partial charge in [-0.15, -0.1) is 0 Å². The van der Waals surface area contributed by atoms with Gasteiger partial charge in [0.05, 0.1) is 17.6 Å². The molecule has 1 heterocycles. The summed E-state index contributed by atoms with van der Waals surface area (Å²) in [6.07, 6.45) is 3.80. The largest absolute Gasteiger partial charge is 0.360 e. The second-order valence-corrected chi connectivity index (χ2v) is 8.06. The minimum absolute atomic E-state index is 0.660. The van der Waals surface area contributed by atoms with Gasteiger partial charge in [-0.25, -0.2) is 0 Å². The standard InChI is InChI=1S/C23H19N2P/c1-3-11-20(12-4-1)26(21-13-5-2-6-14-21)23-16-8-7-15-22(23)25-18-19-10-9-17-24-19/h1-18,24H/b25-18+. The van der Waals surface area contributed by atoms with Crippen LogP contribution in [-0.2, 0) is 0 Å². The van der Waals surface area contributed by atoms with Crippen LogP contribution in [0.5, 0.6) is 0 Å². The summed E-state index contributed by atoms with van der Waals surface area (Å²) in [5.74, 6) is 0. The number of aromatic amines is 1. The van der Waals surface area contributed by atoms with Gasteiger partial charge in [-0.3, -0.25) is 4.99 Å². The Bertz CT molecular complexity index is 938. The van der Waals surface area contributed by atoms with Crippen molar-refractivity contribution >= 4 is 35.7 Å². The van der Waals surface area contributed by atoms with Crippen molar-refractivity contribution in [2.75, 3.05) is 0 Å². The van der Waals surface area contributed by atoms with Gasteiger partial charge in [-0.1, -0.05) is 78.9 Å². The molecule has 26 heavy (non-hydrogen) atoms. The smallest absolute Gasteiger partial charge is 0.0713 e. The molecule has 0 saturated heterocycles. The molecule has 0 spiro atoms. The zero-order chi connectivity index (χ0) is 17.6. The van der Waals surface area contributed by atoms with E-state index in [9.17, 15) is 0 Å². The first-order chi connectivity index (χ1) is 12.9. The number of nitrogens with one attached hydrogen (secondary N) is 1. The highest BCUT2D eigenvalue weighted by molar-refractivity contribution is 7.80. The van der Waals surface area contributed by atoms with Gasteiger partial charge in [-0.2, -0.15) is 0 Å². The molecule has 0 atom stereocenters. The summed E-state index contributed by atoms with van der Waals surface area (Å²) in [6.45, 7) is 0. The quantitative estimate of drug-likeness (QED) is 0.403. The molecule has 0 radical (unpaired) electrons. The third-order valence-electron chi connectivity index (χ3n) is 4.12. The number of rotatable bonds is 5. The monoisotopic (exact) mass is 354 g/mol. The van der Waals surface area contributed by atoms with Crippen LogP contribution in [0.15, 0.2) is 108 Å². The highest BCUT2D eigenvalue weighted by Gasteiger charge is 2.18. The summed E-state index contributed by atoms with van der Waals surface area (Å²) in [4.78, 5) is 7.96. The van der Waals surface area contributed by atoms with Crippen LogP contribution in [0, 0.1) is 0 Å². The number of hydrogen-bond donors (Lipinski definition) is 1. The molecule has 0 fully saturated rings. The molecule has 1 N–H and O–H groups in total. The Morgan fingerprint density at radius 3 is 1.88 bits per heavy atom. The van der Waals surface area contributed by atoms with Gasteiger partial charge >= 0.3 is 0 Å². The molecule has 0 aliphatic heterocycles. The maximum Gasteiger partial charge on any atom is 0.0713 e. The van der Waals surface area contributed by atoms with Gasteiger partial charge in [-0.05, 0) is 36.7 Å². The van der Waals surface area contributed by atoms with Gasteiger partial charge in [0.25, 0.3) is 0 Å². The molecule has 0 aliphatic carbocycles. The number of aromatic nitrogens is 1. The van der Waals surface area contributed by atoms with Crippen molar-refractivity contribution in [3.8, 4) is 0 Å². The molecule has 0 saturated carbocycles. The second-order valence-electron chi connectivity index (χ2n) is 5.88. The first kappa shape index (κ1) is 16.5. The lowest BCUT2D eigenvalue weighted by atomic mass is 10.3. The maximum atomic E-state index is 4.78. The lowest BCUT2D eigenvalue weighted by molar-refractivity contribution is 1.38. The Morgan fingerprint density at radius 2 is 1.27 bits per heavy atom. The van der Waals surface area contributed by atoms with Crippen LogP contribution in [0.4, 0.5) is 5.69 Å². The van der Waals surface area contributed by atoms with Gasteiger partial charge in [0.2, 0.25) is 0 Å².